The molecule has 0 heterocycles. The highest BCUT2D eigenvalue weighted by Crippen LogP contribution is 2.33. The van der Waals surface area contributed by atoms with Crippen LogP contribution in [0.5, 0.6) is 17.2 Å². The summed E-state index contributed by atoms with van der Waals surface area (Å²) in [7, 11) is 1.69. The molecule has 2 aromatic rings. The summed E-state index contributed by atoms with van der Waals surface area (Å²) in [4.78, 5) is 0. The number of benzene rings is 2. The molecule has 0 aromatic heterocycles. The molecule has 0 amide bonds. The molecule has 0 aliphatic heterocycles. The Kier molecular flexibility index (Phi) is 3.79. The van der Waals surface area contributed by atoms with Crippen LogP contribution in [0.3, 0.4) is 0 Å². The van der Waals surface area contributed by atoms with Crippen LogP contribution in [-0.4, -0.2) is 7.11 Å². The Morgan fingerprint density at radius 2 is 1.26 bits per heavy atom. The molecule has 0 bridgehead atoms. The molecule has 100 valence electrons. The molecule has 0 saturated carbocycles. The van der Waals surface area contributed by atoms with E-state index in [0.29, 0.717) is 0 Å². The van der Waals surface area contributed by atoms with Crippen LogP contribution in [0.1, 0.15) is 22.3 Å². The first-order valence-electron chi connectivity index (χ1n) is 6.43. The van der Waals surface area contributed by atoms with E-state index in [0.717, 1.165) is 28.4 Å². The Morgan fingerprint density at radius 3 is 1.95 bits per heavy atom. The maximum Gasteiger partial charge on any atom is 0.130 e. The summed E-state index contributed by atoms with van der Waals surface area (Å²) in [6.45, 7) is 8.27. The lowest BCUT2D eigenvalue weighted by molar-refractivity contribution is 0.408. The van der Waals surface area contributed by atoms with Gasteiger partial charge in [0.05, 0.1) is 7.11 Å². The zero-order valence-corrected chi connectivity index (χ0v) is 12.2. The van der Waals surface area contributed by atoms with Crippen LogP contribution >= 0.6 is 0 Å². The number of hydrogen-bond donors (Lipinski definition) is 0. The average molecular weight is 256 g/mol. The molecule has 2 nitrogen and oxygen atoms in total. The summed E-state index contributed by atoms with van der Waals surface area (Å²) >= 11 is 0. The predicted octanol–water partition coefficient (Wildman–Crippen LogP) is 4.72. The maximum absolute atomic E-state index is 6.05. The monoisotopic (exact) mass is 256 g/mol. The molecule has 2 aromatic carbocycles. The lowest BCUT2D eigenvalue weighted by Crippen LogP contribution is -1.95. The summed E-state index contributed by atoms with van der Waals surface area (Å²) in [6, 6.07) is 10.0. The van der Waals surface area contributed by atoms with Gasteiger partial charge in [0, 0.05) is 0 Å². The molecule has 0 N–H and O–H groups in total. The summed E-state index contributed by atoms with van der Waals surface area (Å²) < 4.78 is 11.4. The van der Waals surface area contributed by atoms with Gasteiger partial charge < -0.3 is 9.47 Å². The van der Waals surface area contributed by atoms with Gasteiger partial charge >= 0.3 is 0 Å². The van der Waals surface area contributed by atoms with E-state index in [1.54, 1.807) is 7.11 Å². The van der Waals surface area contributed by atoms with E-state index in [4.69, 9.17) is 9.47 Å². The summed E-state index contributed by atoms with van der Waals surface area (Å²) in [6.07, 6.45) is 0. The van der Waals surface area contributed by atoms with Gasteiger partial charge in [-0.1, -0.05) is 12.1 Å². The van der Waals surface area contributed by atoms with Crippen LogP contribution in [0.4, 0.5) is 0 Å². The third-order valence-corrected chi connectivity index (χ3v) is 3.68. The SMILES string of the molecule is COc1ccc(Oc2cccc(C)c2C)c(C)c1C. The van der Waals surface area contributed by atoms with Gasteiger partial charge in [-0.25, -0.2) is 0 Å². The minimum atomic E-state index is 0.881. The number of ether oxygens (including phenoxy) is 2. The smallest absolute Gasteiger partial charge is 0.130 e. The Labute approximate surface area is 115 Å². The van der Waals surface area contributed by atoms with Gasteiger partial charge in [0.1, 0.15) is 17.2 Å². The van der Waals surface area contributed by atoms with Crippen molar-refractivity contribution in [3.8, 4) is 17.2 Å². The first kappa shape index (κ1) is 13.5. The molecule has 2 heteroatoms. The van der Waals surface area contributed by atoms with Crippen molar-refractivity contribution in [2.24, 2.45) is 0 Å². The Bertz CT molecular complexity index is 600. The van der Waals surface area contributed by atoms with E-state index in [2.05, 4.69) is 26.8 Å². The Hall–Kier alpha value is -1.96. The van der Waals surface area contributed by atoms with Gasteiger partial charge in [-0.2, -0.15) is 0 Å². The molecule has 0 fully saturated rings. The maximum atomic E-state index is 6.05. The largest absolute Gasteiger partial charge is 0.496 e. The molecule has 0 atom stereocenters. The fraction of sp³-hybridized carbons (Fsp3) is 0.294. The zero-order valence-electron chi connectivity index (χ0n) is 12.2. The first-order chi connectivity index (χ1) is 9.04. The molecular weight excluding hydrogens is 236 g/mol. The number of aryl methyl sites for hydroxylation is 1. The van der Waals surface area contributed by atoms with E-state index >= 15 is 0 Å². The van der Waals surface area contributed by atoms with Gasteiger partial charge in [0.15, 0.2) is 0 Å². The van der Waals surface area contributed by atoms with Crippen LogP contribution < -0.4 is 9.47 Å². The number of hydrogen-bond acceptors (Lipinski definition) is 2. The molecule has 0 aliphatic rings. The van der Waals surface area contributed by atoms with Crippen molar-refractivity contribution in [1.29, 1.82) is 0 Å². The highest BCUT2D eigenvalue weighted by Gasteiger charge is 2.10. The number of rotatable bonds is 3. The predicted molar refractivity (Wildman–Crippen MR) is 78.5 cm³/mol. The van der Waals surface area contributed by atoms with Gasteiger partial charge in [0.25, 0.3) is 0 Å². The van der Waals surface area contributed by atoms with Gasteiger partial charge in [0.2, 0.25) is 0 Å². The van der Waals surface area contributed by atoms with Crippen molar-refractivity contribution < 1.29 is 9.47 Å². The lowest BCUT2D eigenvalue weighted by Gasteiger charge is -2.15. The van der Waals surface area contributed by atoms with Crippen molar-refractivity contribution >= 4 is 0 Å². The second-order valence-electron chi connectivity index (χ2n) is 4.82. The highest BCUT2D eigenvalue weighted by molar-refractivity contribution is 5.50. The van der Waals surface area contributed by atoms with Crippen molar-refractivity contribution in [2.45, 2.75) is 27.7 Å². The summed E-state index contributed by atoms with van der Waals surface area (Å²) in [5, 5.41) is 0. The van der Waals surface area contributed by atoms with E-state index < -0.39 is 0 Å². The fourth-order valence-corrected chi connectivity index (χ4v) is 2.06. The van der Waals surface area contributed by atoms with Crippen LogP contribution in [0.25, 0.3) is 0 Å². The van der Waals surface area contributed by atoms with E-state index in [1.807, 2.05) is 31.2 Å². The van der Waals surface area contributed by atoms with Crippen LogP contribution in [-0.2, 0) is 0 Å². The van der Waals surface area contributed by atoms with E-state index in [1.165, 1.54) is 11.1 Å². The second-order valence-corrected chi connectivity index (χ2v) is 4.82. The van der Waals surface area contributed by atoms with Crippen molar-refractivity contribution in [1.82, 2.24) is 0 Å². The topological polar surface area (TPSA) is 18.5 Å². The Balaban J connectivity index is 2.39. The molecule has 0 spiro atoms. The van der Waals surface area contributed by atoms with E-state index in [-0.39, 0.29) is 0 Å². The Morgan fingerprint density at radius 1 is 0.684 bits per heavy atom. The molecule has 2 rings (SSSR count). The second kappa shape index (κ2) is 5.35. The van der Waals surface area contributed by atoms with Crippen molar-refractivity contribution in [2.75, 3.05) is 7.11 Å². The number of methoxy groups -OCH3 is 1. The van der Waals surface area contributed by atoms with E-state index in [9.17, 15) is 0 Å². The fourth-order valence-electron chi connectivity index (χ4n) is 2.06. The summed E-state index contributed by atoms with van der Waals surface area (Å²) in [5.41, 5.74) is 4.64. The van der Waals surface area contributed by atoms with Gasteiger partial charge in [-0.05, 0) is 68.1 Å². The normalized spacial score (nSPS) is 10.4. The van der Waals surface area contributed by atoms with Crippen LogP contribution in [0.2, 0.25) is 0 Å². The lowest BCUT2D eigenvalue weighted by atomic mass is 10.1. The average Bonchev–Trinajstić information content (AvgIpc) is 2.40. The van der Waals surface area contributed by atoms with Crippen molar-refractivity contribution in [3.05, 3.63) is 52.6 Å². The van der Waals surface area contributed by atoms with Crippen LogP contribution in [0.15, 0.2) is 30.3 Å². The molecule has 19 heavy (non-hydrogen) atoms. The molecule has 0 unspecified atom stereocenters. The minimum absolute atomic E-state index is 0.881. The molecule has 0 aliphatic carbocycles. The molecular formula is C17H20O2. The molecule has 0 radical (unpaired) electrons. The van der Waals surface area contributed by atoms with Crippen molar-refractivity contribution in [3.63, 3.8) is 0 Å². The van der Waals surface area contributed by atoms with Gasteiger partial charge in [-0.3, -0.25) is 0 Å². The molecule has 0 saturated heterocycles. The quantitative estimate of drug-likeness (QED) is 0.791. The van der Waals surface area contributed by atoms with Gasteiger partial charge in [-0.15, -0.1) is 0 Å². The highest BCUT2D eigenvalue weighted by atomic mass is 16.5. The zero-order chi connectivity index (χ0) is 14.0. The first-order valence-corrected chi connectivity index (χ1v) is 6.43. The van der Waals surface area contributed by atoms with Crippen LogP contribution in [0, 0.1) is 27.7 Å². The minimum Gasteiger partial charge on any atom is -0.496 e. The standard InChI is InChI=1S/C17H20O2/c1-11-7-6-8-16(12(11)2)19-17-10-9-15(18-5)13(3)14(17)4/h6-10H,1-5H3. The summed E-state index contributed by atoms with van der Waals surface area (Å²) in [5.74, 6) is 2.69. The third kappa shape index (κ3) is 2.58. The third-order valence-electron chi connectivity index (χ3n) is 3.68.